The summed E-state index contributed by atoms with van der Waals surface area (Å²) in [6, 6.07) is 15.0. The SMILES string of the molecule is N#Cc1ccc(CS(=O)c2ccccc2)c(F)c1. The molecule has 0 amide bonds. The molecule has 1 unspecified atom stereocenters. The van der Waals surface area contributed by atoms with Crippen molar-refractivity contribution in [3.8, 4) is 6.07 Å². The second kappa shape index (κ2) is 5.56. The Labute approximate surface area is 107 Å². The van der Waals surface area contributed by atoms with Gasteiger partial charge in [0.15, 0.2) is 0 Å². The summed E-state index contributed by atoms with van der Waals surface area (Å²) in [5.41, 5.74) is 0.623. The standard InChI is InChI=1S/C14H10FNOS/c15-14-8-11(9-16)6-7-12(14)10-18(17)13-4-2-1-3-5-13/h1-8H,10H2. The Hall–Kier alpha value is -1.99. The maximum Gasteiger partial charge on any atom is 0.128 e. The van der Waals surface area contributed by atoms with Gasteiger partial charge >= 0.3 is 0 Å². The largest absolute Gasteiger partial charge is 0.254 e. The van der Waals surface area contributed by atoms with Gasteiger partial charge in [0.05, 0.1) is 28.2 Å². The summed E-state index contributed by atoms with van der Waals surface area (Å²) in [4.78, 5) is 0.668. The molecule has 2 aromatic carbocycles. The van der Waals surface area contributed by atoms with Crippen molar-refractivity contribution >= 4 is 10.8 Å². The van der Waals surface area contributed by atoms with Crippen molar-refractivity contribution in [3.63, 3.8) is 0 Å². The predicted molar refractivity (Wildman–Crippen MR) is 67.7 cm³/mol. The van der Waals surface area contributed by atoms with E-state index in [2.05, 4.69) is 0 Å². The molecule has 4 heteroatoms. The molecule has 2 rings (SSSR count). The first kappa shape index (κ1) is 12.5. The lowest BCUT2D eigenvalue weighted by Crippen LogP contribution is -1.99. The zero-order valence-electron chi connectivity index (χ0n) is 9.47. The van der Waals surface area contributed by atoms with Crippen LogP contribution in [0.3, 0.4) is 0 Å². The van der Waals surface area contributed by atoms with Crippen molar-refractivity contribution in [2.75, 3.05) is 0 Å². The van der Waals surface area contributed by atoms with Crippen LogP contribution in [0.15, 0.2) is 53.4 Å². The van der Waals surface area contributed by atoms with Crippen LogP contribution in [0, 0.1) is 17.1 Å². The first-order valence-electron chi connectivity index (χ1n) is 5.32. The van der Waals surface area contributed by atoms with E-state index in [4.69, 9.17) is 5.26 Å². The van der Waals surface area contributed by atoms with Crippen molar-refractivity contribution in [2.45, 2.75) is 10.6 Å². The van der Waals surface area contributed by atoms with Crippen LogP contribution in [0.25, 0.3) is 0 Å². The third kappa shape index (κ3) is 2.82. The molecule has 18 heavy (non-hydrogen) atoms. The summed E-state index contributed by atoms with van der Waals surface area (Å²) < 4.78 is 25.6. The van der Waals surface area contributed by atoms with Gasteiger partial charge in [-0.3, -0.25) is 4.21 Å². The Balaban J connectivity index is 2.20. The van der Waals surface area contributed by atoms with E-state index < -0.39 is 16.6 Å². The van der Waals surface area contributed by atoms with E-state index in [-0.39, 0.29) is 11.3 Å². The van der Waals surface area contributed by atoms with E-state index in [0.29, 0.717) is 10.5 Å². The first-order chi connectivity index (χ1) is 8.70. The highest BCUT2D eigenvalue weighted by atomic mass is 32.2. The molecule has 0 aliphatic heterocycles. The lowest BCUT2D eigenvalue weighted by atomic mass is 10.1. The zero-order valence-corrected chi connectivity index (χ0v) is 10.3. The second-order valence-corrected chi connectivity index (χ2v) is 5.17. The molecule has 0 aliphatic rings. The number of halogens is 1. The molecule has 0 aromatic heterocycles. The fraction of sp³-hybridized carbons (Fsp3) is 0.0714. The lowest BCUT2D eigenvalue weighted by Gasteiger charge is -2.04. The van der Waals surface area contributed by atoms with Crippen LogP contribution in [0.2, 0.25) is 0 Å². The van der Waals surface area contributed by atoms with Gasteiger partial charge in [-0.05, 0) is 24.3 Å². The number of rotatable bonds is 3. The smallest absolute Gasteiger partial charge is 0.128 e. The Morgan fingerprint density at radius 2 is 1.89 bits per heavy atom. The maximum atomic E-state index is 13.6. The minimum Gasteiger partial charge on any atom is -0.254 e. The molecule has 0 spiro atoms. The molecule has 0 heterocycles. The quantitative estimate of drug-likeness (QED) is 0.850. The third-order valence-electron chi connectivity index (χ3n) is 2.47. The molecular weight excluding hydrogens is 249 g/mol. The van der Waals surface area contributed by atoms with E-state index in [0.717, 1.165) is 6.07 Å². The van der Waals surface area contributed by atoms with Gasteiger partial charge in [-0.25, -0.2) is 4.39 Å². The van der Waals surface area contributed by atoms with Crippen LogP contribution in [-0.2, 0) is 16.6 Å². The Kier molecular flexibility index (Phi) is 3.85. The normalized spacial score (nSPS) is 11.8. The molecule has 1 atom stereocenters. The molecule has 2 aromatic rings. The number of hydrogen-bond donors (Lipinski definition) is 0. The van der Waals surface area contributed by atoms with E-state index in [1.807, 2.05) is 12.1 Å². The van der Waals surface area contributed by atoms with Crippen LogP contribution in [0.5, 0.6) is 0 Å². The van der Waals surface area contributed by atoms with Crippen LogP contribution in [0.1, 0.15) is 11.1 Å². The molecular formula is C14H10FNOS. The van der Waals surface area contributed by atoms with Crippen molar-refractivity contribution in [2.24, 2.45) is 0 Å². The van der Waals surface area contributed by atoms with Gasteiger partial charge in [0.2, 0.25) is 0 Å². The number of nitriles is 1. The fourth-order valence-corrected chi connectivity index (χ4v) is 2.67. The second-order valence-electron chi connectivity index (χ2n) is 3.72. The minimum absolute atomic E-state index is 0.113. The Bertz CT molecular complexity index is 619. The van der Waals surface area contributed by atoms with Gasteiger partial charge in [0, 0.05) is 10.5 Å². The molecule has 0 aliphatic carbocycles. The van der Waals surface area contributed by atoms with Crippen LogP contribution < -0.4 is 0 Å². The van der Waals surface area contributed by atoms with Gasteiger partial charge in [0.1, 0.15) is 5.82 Å². The predicted octanol–water partition coefficient (Wildman–Crippen LogP) is 3.01. The Morgan fingerprint density at radius 1 is 1.17 bits per heavy atom. The fourth-order valence-electron chi connectivity index (χ4n) is 1.53. The van der Waals surface area contributed by atoms with Crippen molar-refractivity contribution < 1.29 is 8.60 Å². The highest BCUT2D eigenvalue weighted by Crippen LogP contribution is 2.16. The number of nitrogens with zero attached hydrogens (tertiary/aromatic N) is 1. The summed E-state index contributed by atoms with van der Waals surface area (Å²) in [7, 11) is -1.28. The van der Waals surface area contributed by atoms with E-state index >= 15 is 0 Å². The minimum atomic E-state index is -1.28. The molecule has 0 fully saturated rings. The first-order valence-corrected chi connectivity index (χ1v) is 6.64. The maximum absolute atomic E-state index is 13.6. The monoisotopic (exact) mass is 259 g/mol. The van der Waals surface area contributed by atoms with Gasteiger partial charge in [-0.1, -0.05) is 24.3 Å². The van der Waals surface area contributed by atoms with E-state index in [1.165, 1.54) is 12.1 Å². The topological polar surface area (TPSA) is 40.9 Å². The summed E-state index contributed by atoms with van der Waals surface area (Å²) in [5.74, 6) is -0.375. The third-order valence-corrected chi connectivity index (χ3v) is 3.85. The molecule has 0 bridgehead atoms. The molecule has 90 valence electrons. The summed E-state index contributed by atoms with van der Waals surface area (Å²) in [5, 5.41) is 8.64. The Morgan fingerprint density at radius 3 is 2.50 bits per heavy atom. The number of hydrogen-bond acceptors (Lipinski definition) is 2. The molecule has 0 N–H and O–H groups in total. The van der Waals surface area contributed by atoms with Crippen molar-refractivity contribution in [1.29, 1.82) is 5.26 Å². The van der Waals surface area contributed by atoms with Crippen LogP contribution >= 0.6 is 0 Å². The van der Waals surface area contributed by atoms with E-state index in [1.54, 1.807) is 24.3 Å². The molecule has 0 radical (unpaired) electrons. The van der Waals surface area contributed by atoms with Crippen LogP contribution in [0.4, 0.5) is 4.39 Å². The van der Waals surface area contributed by atoms with Crippen molar-refractivity contribution in [1.82, 2.24) is 0 Å². The summed E-state index contributed by atoms with van der Waals surface area (Å²) in [6.45, 7) is 0. The highest BCUT2D eigenvalue weighted by molar-refractivity contribution is 7.84. The van der Waals surface area contributed by atoms with Gasteiger partial charge in [-0.15, -0.1) is 0 Å². The van der Waals surface area contributed by atoms with Gasteiger partial charge in [-0.2, -0.15) is 5.26 Å². The lowest BCUT2D eigenvalue weighted by molar-refractivity contribution is 0.614. The zero-order chi connectivity index (χ0) is 13.0. The van der Waals surface area contributed by atoms with Crippen molar-refractivity contribution in [3.05, 3.63) is 65.5 Å². The molecule has 2 nitrogen and oxygen atoms in total. The molecule has 0 saturated heterocycles. The van der Waals surface area contributed by atoms with Gasteiger partial charge < -0.3 is 0 Å². The van der Waals surface area contributed by atoms with Crippen LogP contribution in [-0.4, -0.2) is 4.21 Å². The number of benzene rings is 2. The average Bonchev–Trinajstić information content (AvgIpc) is 2.42. The van der Waals surface area contributed by atoms with E-state index in [9.17, 15) is 8.60 Å². The summed E-state index contributed by atoms with van der Waals surface area (Å²) >= 11 is 0. The summed E-state index contributed by atoms with van der Waals surface area (Å²) in [6.07, 6.45) is 0. The van der Waals surface area contributed by atoms with Gasteiger partial charge in [0.25, 0.3) is 0 Å². The molecule has 0 saturated carbocycles. The highest BCUT2D eigenvalue weighted by Gasteiger charge is 2.09. The average molecular weight is 259 g/mol.